The van der Waals surface area contributed by atoms with Crippen LogP contribution < -0.4 is 5.32 Å². The number of aromatic nitrogens is 1. The Morgan fingerprint density at radius 2 is 2.00 bits per heavy atom. The van der Waals surface area contributed by atoms with E-state index in [-0.39, 0.29) is 4.90 Å². The SMILES string of the molecule is Cc1cc(S(=O)(=O)n2cc(C3=CCNC(C)C3)c3ccccc32)c(C)o1. The third kappa shape index (κ3) is 2.70. The Morgan fingerprint density at radius 1 is 1.23 bits per heavy atom. The average Bonchev–Trinajstić information content (AvgIpc) is 3.15. The topological polar surface area (TPSA) is 64.2 Å². The lowest BCUT2D eigenvalue weighted by Gasteiger charge is -2.20. The van der Waals surface area contributed by atoms with Crippen molar-refractivity contribution in [1.29, 1.82) is 0 Å². The molecule has 0 spiro atoms. The molecular formula is C20H22N2O3S. The van der Waals surface area contributed by atoms with Crippen molar-refractivity contribution >= 4 is 26.5 Å². The third-order valence-corrected chi connectivity index (χ3v) is 6.68. The monoisotopic (exact) mass is 370 g/mol. The molecule has 3 heterocycles. The highest BCUT2D eigenvalue weighted by atomic mass is 32.2. The summed E-state index contributed by atoms with van der Waals surface area (Å²) < 4.78 is 33.5. The molecule has 26 heavy (non-hydrogen) atoms. The Bertz CT molecular complexity index is 1120. The first-order chi connectivity index (χ1) is 12.4. The molecule has 2 aromatic heterocycles. The van der Waals surface area contributed by atoms with Gasteiger partial charge in [-0.15, -0.1) is 0 Å². The second kappa shape index (κ2) is 6.14. The molecule has 3 aromatic rings. The Labute approximate surface area is 153 Å². The zero-order valence-corrected chi connectivity index (χ0v) is 15.9. The van der Waals surface area contributed by atoms with Gasteiger partial charge in [0.15, 0.2) is 0 Å². The minimum absolute atomic E-state index is 0.218. The van der Waals surface area contributed by atoms with Gasteiger partial charge >= 0.3 is 0 Å². The average molecular weight is 370 g/mol. The number of furan rings is 1. The van der Waals surface area contributed by atoms with Gasteiger partial charge in [-0.3, -0.25) is 0 Å². The number of rotatable bonds is 3. The molecule has 0 saturated carbocycles. The number of para-hydroxylation sites is 1. The lowest BCUT2D eigenvalue weighted by atomic mass is 9.96. The normalized spacial score (nSPS) is 18.3. The molecule has 1 N–H and O–H groups in total. The van der Waals surface area contributed by atoms with Crippen LogP contribution in [0.1, 0.15) is 30.4 Å². The van der Waals surface area contributed by atoms with Gasteiger partial charge in [-0.1, -0.05) is 24.3 Å². The molecule has 1 unspecified atom stereocenters. The second-order valence-electron chi connectivity index (χ2n) is 6.88. The first-order valence-corrected chi connectivity index (χ1v) is 10.2. The van der Waals surface area contributed by atoms with E-state index < -0.39 is 10.0 Å². The van der Waals surface area contributed by atoms with Crippen molar-refractivity contribution in [2.75, 3.05) is 6.54 Å². The Balaban J connectivity index is 1.94. The van der Waals surface area contributed by atoms with Crippen LogP contribution in [0, 0.1) is 13.8 Å². The van der Waals surface area contributed by atoms with Crippen LogP contribution in [0.5, 0.6) is 0 Å². The molecule has 0 aliphatic carbocycles. The van der Waals surface area contributed by atoms with Gasteiger partial charge in [0.2, 0.25) is 0 Å². The van der Waals surface area contributed by atoms with Gasteiger partial charge in [-0.05, 0) is 38.8 Å². The molecular weight excluding hydrogens is 348 g/mol. The fraction of sp³-hybridized carbons (Fsp3) is 0.300. The van der Waals surface area contributed by atoms with Gasteiger partial charge in [0.1, 0.15) is 16.4 Å². The van der Waals surface area contributed by atoms with E-state index in [0.717, 1.165) is 23.9 Å². The highest BCUT2D eigenvalue weighted by Crippen LogP contribution is 2.34. The fourth-order valence-corrected chi connectivity index (χ4v) is 5.26. The number of benzene rings is 1. The number of nitrogens with one attached hydrogen (secondary N) is 1. The summed E-state index contributed by atoms with van der Waals surface area (Å²) in [4.78, 5) is 0.218. The smallest absolute Gasteiger partial charge is 0.271 e. The Morgan fingerprint density at radius 3 is 2.69 bits per heavy atom. The molecule has 5 nitrogen and oxygen atoms in total. The van der Waals surface area contributed by atoms with E-state index in [2.05, 4.69) is 18.3 Å². The van der Waals surface area contributed by atoms with Crippen LogP contribution in [0.15, 0.2) is 51.9 Å². The highest BCUT2D eigenvalue weighted by Gasteiger charge is 2.26. The van der Waals surface area contributed by atoms with Crippen LogP contribution in [0.2, 0.25) is 0 Å². The maximum absolute atomic E-state index is 13.3. The summed E-state index contributed by atoms with van der Waals surface area (Å²) in [5, 5.41) is 4.34. The zero-order chi connectivity index (χ0) is 18.5. The maximum atomic E-state index is 13.3. The van der Waals surface area contributed by atoms with Crippen molar-refractivity contribution in [2.45, 2.75) is 38.1 Å². The Hall–Kier alpha value is -2.31. The molecule has 1 aliphatic rings. The lowest BCUT2D eigenvalue weighted by Crippen LogP contribution is -2.29. The first-order valence-electron chi connectivity index (χ1n) is 8.73. The van der Waals surface area contributed by atoms with Crippen molar-refractivity contribution in [2.24, 2.45) is 0 Å². The molecule has 0 fully saturated rings. The summed E-state index contributed by atoms with van der Waals surface area (Å²) in [7, 11) is -3.73. The van der Waals surface area contributed by atoms with Crippen molar-refractivity contribution in [3.63, 3.8) is 0 Å². The number of aryl methyl sites for hydroxylation is 2. The number of fused-ring (bicyclic) bond motifs is 1. The van der Waals surface area contributed by atoms with E-state index in [9.17, 15) is 8.42 Å². The lowest BCUT2D eigenvalue weighted by molar-refractivity contribution is 0.496. The second-order valence-corrected chi connectivity index (χ2v) is 8.66. The third-order valence-electron chi connectivity index (χ3n) is 4.90. The van der Waals surface area contributed by atoms with Crippen molar-refractivity contribution in [1.82, 2.24) is 9.29 Å². The molecule has 0 radical (unpaired) electrons. The summed E-state index contributed by atoms with van der Waals surface area (Å²) in [5.74, 6) is 1.00. The number of hydrogen-bond acceptors (Lipinski definition) is 4. The predicted molar refractivity (Wildman–Crippen MR) is 103 cm³/mol. The van der Waals surface area contributed by atoms with Crippen LogP contribution >= 0.6 is 0 Å². The van der Waals surface area contributed by atoms with Crippen molar-refractivity contribution in [3.05, 3.63) is 59.7 Å². The summed E-state index contributed by atoms with van der Waals surface area (Å²) in [6, 6.07) is 9.60. The van der Waals surface area contributed by atoms with Gasteiger partial charge in [0.05, 0.1) is 5.52 Å². The zero-order valence-electron chi connectivity index (χ0n) is 15.1. The molecule has 0 bridgehead atoms. The molecule has 0 saturated heterocycles. The van der Waals surface area contributed by atoms with Crippen molar-refractivity contribution in [3.8, 4) is 0 Å². The van der Waals surface area contributed by atoms with Crippen LogP contribution in [-0.4, -0.2) is 25.0 Å². The Kier molecular flexibility index (Phi) is 4.04. The summed E-state index contributed by atoms with van der Waals surface area (Å²) in [6.07, 6.45) is 4.77. The quantitative estimate of drug-likeness (QED) is 0.760. The molecule has 0 amide bonds. The van der Waals surface area contributed by atoms with E-state index in [4.69, 9.17) is 4.42 Å². The minimum atomic E-state index is -3.73. The van der Waals surface area contributed by atoms with Gasteiger partial charge in [0.25, 0.3) is 10.0 Å². The first kappa shape index (κ1) is 17.1. The fourth-order valence-electron chi connectivity index (χ4n) is 3.66. The maximum Gasteiger partial charge on any atom is 0.271 e. The van der Waals surface area contributed by atoms with Crippen LogP contribution in [0.3, 0.4) is 0 Å². The van der Waals surface area contributed by atoms with E-state index >= 15 is 0 Å². The van der Waals surface area contributed by atoms with E-state index in [0.29, 0.717) is 23.1 Å². The summed E-state index contributed by atoms with van der Waals surface area (Å²) in [5.41, 5.74) is 2.85. The standard InChI is InChI=1S/C20H22N2O3S/c1-13-10-16(8-9-21-13)18-12-22(19-7-5-4-6-17(18)19)26(23,24)20-11-14(2)25-15(20)3/h4-8,11-13,21H,9-10H2,1-3H3. The molecule has 4 rings (SSSR count). The molecule has 1 aliphatic heterocycles. The molecule has 1 atom stereocenters. The van der Waals surface area contributed by atoms with E-state index in [1.54, 1.807) is 26.1 Å². The van der Waals surface area contributed by atoms with E-state index in [1.807, 2.05) is 24.3 Å². The van der Waals surface area contributed by atoms with Crippen LogP contribution in [0.4, 0.5) is 0 Å². The molecule has 1 aromatic carbocycles. The minimum Gasteiger partial charge on any atom is -0.465 e. The predicted octanol–water partition coefficient (Wildman–Crippen LogP) is 3.85. The molecule has 6 heteroatoms. The van der Waals surface area contributed by atoms with Gasteiger partial charge in [0, 0.05) is 35.8 Å². The number of hydrogen-bond donors (Lipinski definition) is 1. The van der Waals surface area contributed by atoms with Gasteiger partial charge < -0.3 is 9.73 Å². The summed E-state index contributed by atoms with van der Waals surface area (Å²) >= 11 is 0. The van der Waals surface area contributed by atoms with Crippen LogP contribution in [-0.2, 0) is 10.0 Å². The highest BCUT2D eigenvalue weighted by molar-refractivity contribution is 7.90. The van der Waals surface area contributed by atoms with E-state index in [1.165, 1.54) is 9.55 Å². The largest absolute Gasteiger partial charge is 0.465 e. The van der Waals surface area contributed by atoms with Crippen LogP contribution in [0.25, 0.3) is 16.5 Å². The van der Waals surface area contributed by atoms with Gasteiger partial charge in [-0.2, -0.15) is 0 Å². The van der Waals surface area contributed by atoms with Gasteiger partial charge in [-0.25, -0.2) is 12.4 Å². The number of nitrogens with zero attached hydrogens (tertiary/aromatic N) is 1. The van der Waals surface area contributed by atoms with Crippen molar-refractivity contribution < 1.29 is 12.8 Å². The summed E-state index contributed by atoms with van der Waals surface area (Å²) in [6.45, 7) is 6.37. The molecule has 136 valence electrons.